The van der Waals surface area contributed by atoms with E-state index >= 15 is 0 Å². The Morgan fingerprint density at radius 3 is 2.89 bits per heavy atom. The first-order valence-corrected chi connectivity index (χ1v) is 6.50. The molecule has 0 aliphatic carbocycles. The van der Waals surface area contributed by atoms with Crippen molar-refractivity contribution < 1.29 is 9.47 Å². The Bertz CT molecular complexity index is 616. The summed E-state index contributed by atoms with van der Waals surface area (Å²) in [4.78, 5) is 4.84. The van der Waals surface area contributed by atoms with Crippen molar-refractivity contribution in [3.05, 3.63) is 28.6 Å². The molecule has 1 aromatic carbocycles. The molecule has 0 N–H and O–H groups in total. The van der Waals surface area contributed by atoms with Crippen molar-refractivity contribution in [2.45, 2.75) is 6.42 Å². The van der Waals surface area contributed by atoms with Gasteiger partial charge in [-0.25, -0.2) is 4.98 Å². The van der Waals surface area contributed by atoms with E-state index in [1.165, 1.54) is 11.3 Å². The molecule has 0 atom stereocenters. The molecule has 0 amide bonds. The van der Waals surface area contributed by atoms with Gasteiger partial charge < -0.3 is 9.47 Å². The molecule has 0 bridgehead atoms. The summed E-state index contributed by atoms with van der Waals surface area (Å²) in [6, 6.07) is 7.81. The van der Waals surface area contributed by atoms with Crippen molar-refractivity contribution in [3.63, 3.8) is 0 Å². The average molecular weight is 258 g/mol. The van der Waals surface area contributed by atoms with Gasteiger partial charge in [-0.15, -0.1) is 11.3 Å². The fraction of sp³-hybridized carbons (Fsp3) is 0.231. The van der Waals surface area contributed by atoms with Crippen LogP contribution in [0.1, 0.15) is 11.3 Å². The topological polar surface area (TPSA) is 55.1 Å². The highest BCUT2D eigenvalue weighted by Gasteiger charge is 2.14. The normalized spacial score (nSPS) is 13.7. The minimum absolute atomic E-state index is 0.615. The van der Waals surface area contributed by atoms with Crippen LogP contribution in [0, 0.1) is 11.3 Å². The van der Waals surface area contributed by atoms with Gasteiger partial charge in [-0.05, 0) is 18.2 Å². The number of aromatic nitrogens is 1. The van der Waals surface area contributed by atoms with Crippen LogP contribution in [0.3, 0.4) is 0 Å². The predicted molar refractivity (Wildman–Crippen MR) is 67.9 cm³/mol. The van der Waals surface area contributed by atoms with Gasteiger partial charge in [0.2, 0.25) is 0 Å². The second-order valence-corrected chi connectivity index (χ2v) is 4.71. The number of benzene rings is 1. The lowest BCUT2D eigenvalue weighted by atomic mass is 10.1. The van der Waals surface area contributed by atoms with Crippen molar-refractivity contribution in [1.29, 1.82) is 5.26 Å². The molecular formula is C13H10N2O2S. The fourth-order valence-electron chi connectivity index (χ4n) is 1.84. The monoisotopic (exact) mass is 258 g/mol. The number of thiazole rings is 1. The Morgan fingerprint density at radius 1 is 1.22 bits per heavy atom. The smallest absolute Gasteiger partial charge is 0.161 e. The van der Waals surface area contributed by atoms with Crippen LogP contribution in [-0.4, -0.2) is 18.2 Å². The number of rotatable bonds is 1. The highest BCUT2D eigenvalue weighted by Crippen LogP contribution is 2.35. The lowest BCUT2D eigenvalue weighted by molar-refractivity contribution is 0.297. The fourth-order valence-corrected chi connectivity index (χ4v) is 2.44. The summed E-state index contributed by atoms with van der Waals surface area (Å²) in [6.07, 6.45) is 0.879. The molecule has 18 heavy (non-hydrogen) atoms. The van der Waals surface area contributed by atoms with Crippen LogP contribution in [0.4, 0.5) is 0 Å². The maximum Gasteiger partial charge on any atom is 0.161 e. The van der Waals surface area contributed by atoms with E-state index in [4.69, 9.17) is 14.7 Å². The number of nitriles is 1. The van der Waals surface area contributed by atoms with Gasteiger partial charge in [0.05, 0.1) is 24.4 Å². The van der Waals surface area contributed by atoms with E-state index in [1.807, 2.05) is 18.2 Å². The standard InChI is InChI=1S/C13H10N2O2S/c14-7-12-13(15-8-18-12)9-2-3-10-11(6-9)17-5-1-4-16-10/h2-3,6,8H,1,4-5H2. The van der Waals surface area contributed by atoms with E-state index in [9.17, 15) is 0 Å². The number of hydrogen-bond donors (Lipinski definition) is 0. The summed E-state index contributed by atoms with van der Waals surface area (Å²) in [7, 11) is 0. The Morgan fingerprint density at radius 2 is 2.06 bits per heavy atom. The first-order chi connectivity index (χ1) is 8.88. The van der Waals surface area contributed by atoms with Crippen LogP contribution in [0.15, 0.2) is 23.7 Å². The first kappa shape index (κ1) is 11.1. The van der Waals surface area contributed by atoms with Gasteiger partial charge in [0.15, 0.2) is 11.5 Å². The Balaban J connectivity index is 2.05. The van der Waals surface area contributed by atoms with Gasteiger partial charge in [0.1, 0.15) is 10.9 Å². The summed E-state index contributed by atoms with van der Waals surface area (Å²) >= 11 is 1.34. The second-order valence-electron chi connectivity index (χ2n) is 3.85. The van der Waals surface area contributed by atoms with Gasteiger partial charge in [-0.1, -0.05) is 0 Å². The molecule has 0 radical (unpaired) electrons. The molecule has 2 aromatic rings. The molecule has 1 aliphatic rings. The molecule has 0 unspecified atom stereocenters. The molecule has 90 valence electrons. The van der Waals surface area contributed by atoms with Gasteiger partial charge >= 0.3 is 0 Å². The molecule has 0 fully saturated rings. The number of ether oxygens (including phenoxy) is 2. The van der Waals surface area contributed by atoms with Crippen LogP contribution in [0.25, 0.3) is 11.3 Å². The van der Waals surface area contributed by atoms with Crippen molar-refractivity contribution in [2.75, 3.05) is 13.2 Å². The Hall–Kier alpha value is -2.06. The zero-order valence-electron chi connectivity index (χ0n) is 9.55. The third-order valence-corrected chi connectivity index (χ3v) is 3.42. The number of nitrogens with zero attached hydrogens (tertiary/aromatic N) is 2. The van der Waals surface area contributed by atoms with Crippen molar-refractivity contribution in [3.8, 4) is 28.8 Å². The maximum atomic E-state index is 9.02. The van der Waals surface area contributed by atoms with E-state index in [-0.39, 0.29) is 0 Å². The predicted octanol–water partition coefficient (Wildman–Crippen LogP) is 2.84. The Kier molecular flexibility index (Phi) is 2.87. The van der Waals surface area contributed by atoms with E-state index in [1.54, 1.807) is 5.51 Å². The van der Waals surface area contributed by atoms with E-state index < -0.39 is 0 Å². The quantitative estimate of drug-likeness (QED) is 0.789. The third-order valence-electron chi connectivity index (χ3n) is 2.69. The van der Waals surface area contributed by atoms with Gasteiger partial charge in [0.25, 0.3) is 0 Å². The minimum atomic E-state index is 0.615. The number of fused-ring (bicyclic) bond motifs is 1. The van der Waals surface area contributed by atoms with Crippen molar-refractivity contribution in [2.24, 2.45) is 0 Å². The van der Waals surface area contributed by atoms with E-state index in [0.29, 0.717) is 23.8 Å². The zero-order valence-corrected chi connectivity index (χ0v) is 10.4. The van der Waals surface area contributed by atoms with Gasteiger partial charge in [0, 0.05) is 12.0 Å². The van der Waals surface area contributed by atoms with Crippen LogP contribution in [0.2, 0.25) is 0 Å². The summed E-state index contributed by atoms with van der Waals surface area (Å²) < 4.78 is 11.2. The average Bonchev–Trinajstić information content (AvgIpc) is 2.76. The number of hydrogen-bond acceptors (Lipinski definition) is 5. The first-order valence-electron chi connectivity index (χ1n) is 5.62. The third kappa shape index (κ3) is 1.91. The Labute approximate surface area is 108 Å². The maximum absolute atomic E-state index is 9.02. The molecule has 4 nitrogen and oxygen atoms in total. The molecule has 1 aromatic heterocycles. The van der Waals surface area contributed by atoms with Crippen molar-refractivity contribution >= 4 is 11.3 Å². The second kappa shape index (κ2) is 4.67. The van der Waals surface area contributed by atoms with Crippen LogP contribution in [-0.2, 0) is 0 Å². The molecule has 0 saturated heterocycles. The summed E-state index contributed by atoms with van der Waals surface area (Å²) in [6.45, 7) is 1.32. The van der Waals surface area contributed by atoms with Gasteiger partial charge in [-0.2, -0.15) is 5.26 Å². The molecule has 3 rings (SSSR count). The van der Waals surface area contributed by atoms with Crippen molar-refractivity contribution in [1.82, 2.24) is 4.98 Å². The molecule has 0 spiro atoms. The van der Waals surface area contributed by atoms with Gasteiger partial charge in [-0.3, -0.25) is 0 Å². The van der Waals surface area contributed by atoms with Crippen LogP contribution < -0.4 is 9.47 Å². The zero-order chi connectivity index (χ0) is 12.4. The van der Waals surface area contributed by atoms with E-state index in [0.717, 1.165) is 23.5 Å². The highest BCUT2D eigenvalue weighted by atomic mass is 32.1. The SMILES string of the molecule is N#Cc1scnc1-c1ccc2c(c1)OCCCO2. The summed E-state index contributed by atoms with van der Waals surface area (Å²) in [5, 5.41) is 9.02. The van der Waals surface area contributed by atoms with Crippen LogP contribution >= 0.6 is 11.3 Å². The molecule has 0 saturated carbocycles. The largest absolute Gasteiger partial charge is 0.490 e. The summed E-state index contributed by atoms with van der Waals surface area (Å²) in [5.41, 5.74) is 3.27. The molecule has 1 aliphatic heterocycles. The molecular weight excluding hydrogens is 248 g/mol. The molecule has 2 heterocycles. The highest BCUT2D eigenvalue weighted by molar-refractivity contribution is 7.10. The molecule has 5 heteroatoms. The lowest BCUT2D eigenvalue weighted by Gasteiger charge is -2.08. The van der Waals surface area contributed by atoms with Crippen LogP contribution in [0.5, 0.6) is 11.5 Å². The summed E-state index contributed by atoms with van der Waals surface area (Å²) in [5.74, 6) is 1.48. The minimum Gasteiger partial charge on any atom is -0.490 e. The lowest BCUT2D eigenvalue weighted by Crippen LogP contribution is -1.97. The van der Waals surface area contributed by atoms with E-state index in [2.05, 4.69) is 11.1 Å².